The predicted molar refractivity (Wildman–Crippen MR) is 152 cm³/mol. The number of hydrogen-bond acceptors (Lipinski definition) is 6. The minimum atomic E-state index is -0.679. The van der Waals surface area contributed by atoms with Gasteiger partial charge in [-0.1, -0.05) is 60.1 Å². The van der Waals surface area contributed by atoms with Crippen LogP contribution in [0.2, 0.25) is 5.02 Å². The summed E-state index contributed by atoms with van der Waals surface area (Å²) in [4.78, 5) is 30.0. The smallest absolute Gasteiger partial charge is 0.416 e. The van der Waals surface area contributed by atoms with E-state index in [1.54, 1.807) is 0 Å². The number of rotatable bonds is 5. The number of ether oxygens (including phenoxy) is 3. The molecule has 0 bridgehead atoms. The molecule has 3 aromatic carbocycles. The van der Waals surface area contributed by atoms with Crippen LogP contribution in [0.3, 0.4) is 0 Å². The highest BCUT2D eigenvalue weighted by Gasteiger charge is 2.37. The van der Waals surface area contributed by atoms with Crippen LogP contribution in [0, 0.1) is 0 Å². The number of carbonyl (C=O) groups excluding carboxylic acids is 2. The average molecular weight is 561 g/mol. The Hall–Kier alpha value is -3.55. The molecule has 3 aromatic rings. The first-order valence-corrected chi connectivity index (χ1v) is 14.3. The number of para-hydroxylation sites is 1. The van der Waals surface area contributed by atoms with Crippen molar-refractivity contribution in [2.45, 2.75) is 44.2 Å². The molecule has 6 rings (SSSR count). The molecule has 7 nitrogen and oxygen atoms in total. The van der Waals surface area contributed by atoms with E-state index < -0.39 is 18.1 Å². The van der Waals surface area contributed by atoms with Gasteiger partial charge in [0, 0.05) is 37.5 Å². The molecule has 208 valence electrons. The van der Waals surface area contributed by atoms with Crippen LogP contribution in [0.1, 0.15) is 46.6 Å². The van der Waals surface area contributed by atoms with E-state index in [1.807, 2.05) is 42.5 Å². The van der Waals surface area contributed by atoms with Gasteiger partial charge in [0.25, 0.3) is 0 Å². The number of fused-ring (bicyclic) bond motifs is 2. The summed E-state index contributed by atoms with van der Waals surface area (Å²) in [6.07, 6.45) is 2.40. The van der Waals surface area contributed by atoms with Crippen molar-refractivity contribution in [1.29, 1.82) is 0 Å². The van der Waals surface area contributed by atoms with Gasteiger partial charge in [-0.3, -0.25) is 4.90 Å². The van der Waals surface area contributed by atoms with Crippen molar-refractivity contribution in [3.8, 4) is 11.5 Å². The fourth-order valence-corrected chi connectivity index (χ4v) is 6.26. The maximum atomic E-state index is 13.4. The molecule has 3 heterocycles. The first kappa shape index (κ1) is 26.7. The van der Waals surface area contributed by atoms with E-state index in [4.69, 9.17) is 25.8 Å². The van der Waals surface area contributed by atoms with Gasteiger partial charge in [0.05, 0.1) is 11.6 Å². The van der Waals surface area contributed by atoms with Gasteiger partial charge >= 0.3 is 12.1 Å². The van der Waals surface area contributed by atoms with Crippen LogP contribution < -0.4 is 9.47 Å². The van der Waals surface area contributed by atoms with Crippen LogP contribution in [0.15, 0.2) is 60.7 Å². The van der Waals surface area contributed by atoms with Gasteiger partial charge in [-0.05, 0) is 60.7 Å². The minimum Gasteiger partial charge on any atom is -0.493 e. The lowest BCUT2D eigenvalue weighted by Gasteiger charge is -2.25. The van der Waals surface area contributed by atoms with E-state index in [9.17, 15) is 9.59 Å². The van der Waals surface area contributed by atoms with Gasteiger partial charge in [0.1, 0.15) is 18.4 Å². The first-order chi connectivity index (χ1) is 19.5. The molecule has 40 heavy (non-hydrogen) atoms. The molecule has 0 spiro atoms. The molecule has 1 amide bonds. The first-order valence-electron chi connectivity index (χ1n) is 13.9. The van der Waals surface area contributed by atoms with Crippen LogP contribution in [-0.2, 0) is 29.0 Å². The number of amides is 1. The number of halogens is 1. The summed E-state index contributed by atoms with van der Waals surface area (Å²) in [6.45, 7) is 2.99. The summed E-state index contributed by atoms with van der Waals surface area (Å²) in [5, 5.41) is 0.382. The zero-order valence-electron chi connectivity index (χ0n) is 22.6. The number of likely N-dealkylation sites (N-methyl/N-ethyl adjacent to an activating group) is 1. The third-order valence-electron chi connectivity index (χ3n) is 8.13. The standard InChI is InChI=1S/C32H33ClN2O5/c1-34-15-12-23-17-27(33)29(18-25(23)26(19-34)24-10-5-9-22-13-16-38-30(22)24)40-32(37)35-14-6-11-28(35)31(36)39-20-21-7-3-2-4-8-21/h2-5,7-10,17-18,26,28H,6,11-16,19-20H2,1H3/t26?,28-/m1/s1. The van der Waals surface area contributed by atoms with Crippen LogP contribution >= 0.6 is 11.6 Å². The van der Waals surface area contributed by atoms with E-state index in [-0.39, 0.29) is 12.5 Å². The number of carbonyl (C=O) groups is 2. The van der Waals surface area contributed by atoms with Gasteiger partial charge in [-0.2, -0.15) is 0 Å². The van der Waals surface area contributed by atoms with Gasteiger partial charge < -0.3 is 19.1 Å². The molecule has 0 aromatic heterocycles. The fourth-order valence-electron chi connectivity index (χ4n) is 6.03. The van der Waals surface area contributed by atoms with Gasteiger partial charge in [0.15, 0.2) is 5.75 Å². The molecule has 0 aliphatic carbocycles. The number of benzene rings is 3. The van der Waals surface area contributed by atoms with Crippen LogP contribution in [0.5, 0.6) is 11.5 Å². The van der Waals surface area contributed by atoms with Crippen molar-refractivity contribution in [1.82, 2.24) is 9.80 Å². The molecule has 0 saturated carbocycles. The lowest BCUT2D eigenvalue weighted by molar-refractivity contribution is -0.149. The van der Waals surface area contributed by atoms with Gasteiger partial charge in [-0.25, -0.2) is 9.59 Å². The lowest BCUT2D eigenvalue weighted by atomic mass is 9.86. The zero-order valence-corrected chi connectivity index (χ0v) is 23.4. The summed E-state index contributed by atoms with van der Waals surface area (Å²) in [5.41, 5.74) is 5.49. The summed E-state index contributed by atoms with van der Waals surface area (Å²) in [7, 11) is 2.12. The number of esters is 1. The second kappa shape index (κ2) is 11.5. The van der Waals surface area contributed by atoms with E-state index in [1.165, 1.54) is 10.5 Å². The third-order valence-corrected chi connectivity index (χ3v) is 8.42. The normalized spacial score (nSPS) is 20.3. The van der Waals surface area contributed by atoms with Gasteiger partial charge in [-0.15, -0.1) is 0 Å². The Balaban J connectivity index is 1.23. The van der Waals surface area contributed by atoms with E-state index in [2.05, 4.69) is 30.1 Å². The minimum absolute atomic E-state index is 0.0396. The monoisotopic (exact) mass is 560 g/mol. The third kappa shape index (κ3) is 5.40. The van der Waals surface area contributed by atoms with Crippen LogP contribution in [0.4, 0.5) is 4.79 Å². The number of hydrogen-bond donors (Lipinski definition) is 0. The number of likely N-dealkylation sites (tertiary alicyclic amines) is 1. The predicted octanol–water partition coefficient (Wildman–Crippen LogP) is 5.60. The second-order valence-corrected chi connectivity index (χ2v) is 11.2. The topological polar surface area (TPSA) is 68.3 Å². The second-order valence-electron chi connectivity index (χ2n) is 10.8. The van der Waals surface area contributed by atoms with Crippen molar-refractivity contribution in [3.05, 3.63) is 93.5 Å². The summed E-state index contributed by atoms with van der Waals surface area (Å²) < 4.78 is 17.5. The van der Waals surface area contributed by atoms with E-state index in [0.717, 1.165) is 53.9 Å². The van der Waals surface area contributed by atoms with E-state index >= 15 is 0 Å². The molecular formula is C32H33ClN2O5. The molecule has 3 aliphatic heterocycles. The Bertz CT molecular complexity index is 1410. The molecule has 1 unspecified atom stereocenters. The molecule has 1 saturated heterocycles. The Morgan fingerprint density at radius 3 is 2.70 bits per heavy atom. The highest BCUT2D eigenvalue weighted by atomic mass is 35.5. The van der Waals surface area contributed by atoms with Crippen LogP contribution in [-0.4, -0.2) is 61.2 Å². The molecular weight excluding hydrogens is 528 g/mol. The largest absolute Gasteiger partial charge is 0.493 e. The Kier molecular flexibility index (Phi) is 7.67. The molecule has 1 fully saturated rings. The van der Waals surface area contributed by atoms with E-state index in [0.29, 0.717) is 36.8 Å². The van der Waals surface area contributed by atoms with Crippen molar-refractivity contribution in [2.24, 2.45) is 0 Å². The lowest BCUT2D eigenvalue weighted by Crippen LogP contribution is -2.42. The SMILES string of the molecule is CN1CCc2cc(Cl)c(OC(=O)N3CCC[C@@H]3C(=O)OCc3ccccc3)cc2C(c2cccc3c2OCC3)C1. The molecule has 0 radical (unpaired) electrons. The summed E-state index contributed by atoms with van der Waals surface area (Å²) in [6, 6.07) is 19.0. The quantitative estimate of drug-likeness (QED) is 0.378. The Labute approximate surface area is 239 Å². The van der Waals surface area contributed by atoms with Crippen molar-refractivity contribution >= 4 is 23.7 Å². The molecule has 2 atom stereocenters. The Morgan fingerprint density at radius 1 is 1.00 bits per heavy atom. The molecule has 8 heteroatoms. The Morgan fingerprint density at radius 2 is 1.85 bits per heavy atom. The zero-order chi connectivity index (χ0) is 27.6. The highest BCUT2D eigenvalue weighted by Crippen LogP contribution is 2.42. The maximum absolute atomic E-state index is 13.4. The van der Waals surface area contributed by atoms with Crippen molar-refractivity contribution in [2.75, 3.05) is 33.3 Å². The fraction of sp³-hybridized carbons (Fsp3) is 0.375. The number of nitrogens with zero attached hydrogens (tertiary/aromatic N) is 2. The highest BCUT2D eigenvalue weighted by molar-refractivity contribution is 6.32. The maximum Gasteiger partial charge on any atom is 0.416 e. The van der Waals surface area contributed by atoms with Crippen molar-refractivity contribution in [3.63, 3.8) is 0 Å². The van der Waals surface area contributed by atoms with Crippen molar-refractivity contribution < 1.29 is 23.8 Å². The summed E-state index contributed by atoms with van der Waals surface area (Å²) >= 11 is 6.68. The van der Waals surface area contributed by atoms with Gasteiger partial charge in [0.2, 0.25) is 0 Å². The average Bonchev–Trinajstić information content (AvgIpc) is 3.63. The molecule has 0 N–H and O–H groups in total. The summed E-state index contributed by atoms with van der Waals surface area (Å²) in [5.74, 6) is 0.887. The molecule has 3 aliphatic rings. The van der Waals surface area contributed by atoms with Crippen LogP contribution in [0.25, 0.3) is 0 Å².